The predicted molar refractivity (Wildman–Crippen MR) is 89.4 cm³/mol. The maximum Gasteiger partial charge on any atom is 0.264 e. The number of carbonyl (C=O) groups excluding carboxylic acids is 1. The van der Waals surface area contributed by atoms with Gasteiger partial charge in [0, 0.05) is 35.6 Å². The Bertz CT molecular complexity index is 591. The summed E-state index contributed by atoms with van der Waals surface area (Å²) in [5.74, 6) is 4.27. The van der Waals surface area contributed by atoms with Gasteiger partial charge in [-0.25, -0.2) is 14.6 Å². The van der Waals surface area contributed by atoms with Gasteiger partial charge in [0.05, 0.1) is 0 Å². The Balaban J connectivity index is 0.00000118. The fraction of sp³-hybridized carbons (Fsp3) is 0.267. The standard InChI is InChI=1S/C14H17F2N3O.CH4N2O/c1-9(6-7-17)14(18)20-8-11-10(13(15)16)4-3-5-12(11)19-2;2-3-1-4/h3-7,13,17-19H,8H2,1-2H3;1H,2H2,(H,3,4)/b9-6-,17-7?,18-14?;. The van der Waals surface area contributed by atoms with Crippen molar-refractivity contribution in [2.45, 2.75) is 20.0 Å². The van der Waals surface area contributed by atoms with Gasteiger partial charge in [0.1, 0.15) is 6.61 Å². The van der Waals surface area contributed by atoms with Crippen LogP contribution in [0.4, 0.5) is 14.5 Å². The Hall–Kier alpha value is -2.81. The summed E-state index contributed by atoms with van der Waals surface area (Å²) >= 11 is 0. The normalized spacial score (nSPS) is 10.3. The van der Waals surface area contributed by atoms with Gasteiger partial charge in [0.25, 0.3) is 6.43 Å². The number of nitrogens with one attached hydrogen (secondary N) is 4. The lowest BCUT2D eigenvalue weighted by molar-refractivity contribution is -0.109. The third kappa shape index (κ3) is 6.97. The van der Waals surface area contributed by atoms with E-state index in [0.717, 1.165) is 6.21 Å². The SMILES string of the molecule is CNc1cccc(C(F)F)c1COC(=N)/C(C)=C\C=N.NNC=O. The number of alkyl halides is 2. The molecular weight excluding hydrogens is 320 g/mol. The van der Waals surface area contributed by atoms with E-state index in [1.807, 2.05) is 0 Å². The van der Waals surface area contributed by atoms with Gasteiger partial charge >= 0.3 is 0 Å². The highest BCUT2D eigenvalue weighted by Gasteiger charge is 2.16. The molecule has 1 aromatic carbocycles. The van der Waals surface area contributed by atoms with Gasteiger partial charge < -0.3 is 15.5 Å². The summed E-state index contributed by atoms with van der Waals surface area (Å²) in [7, 11) is 1.64. The molecule has 7 nitrogen and oxygen atoms in total. The number of benzene rings is 1. The lowest BCUT2D eigenvalue weighted by atomic mass is 10.1. The molecule has 0 saturated carbocycles. The van der Waals surface area contributed by atoms with Gasteiger partial charge in [-0.15, -0.1) is 0 Å². The Kier molecular flexibility index (Phi) is 10.3. The van der Waals surface area contributed by atoms with Crippen LogP contribution >= 0.6 is 0 Å². The number of hydrazine groups is 1. The monoisotopic (exact) mass is 341 g/mol. The maximum atomic E-state index is 13.0. The van der Waals surface area contributed by atoms with E-state index in [9.17, 15) is 8.78 Å². The van der Waals surface area contributed by atoms with Gasteiger partial charge in [0.2, 0.25) is 12.3 Å². The van der Waals surface area contributed by atoms with Crippen molar-refractivity contribution >= 4 is 24.2 Å². The molecule has 0 aliphatic carbocycles. The molecule has 6 N–H and O–H groups in total. The van der Waals surface area contributed by atoms with Gasteiger partial charge in [-0.2, -0.15) is 0 Å². The number of carbonyl (C=O) groups is 1. The number of hydrogen-bond donors (Lipinski definition) is 5. The van der Waals surface area contributed by atoms with Gasteiger partial charge in [0.15, 0.2) is 0 Å². The van der Waals surface area contributed by atoms with Gasteiger partial charge in [-0.05, 0) is 19.1 Å². The zero-order chi connectivity index (χ0) is 18.5. The molecule has 0 aliphatic rings. The number of halogens is 2. The molecule has 24 heavy (non-hydrogen) atoms. The quantitative estimate of drug-likeness (QED) is 0.130. The van der Waals surface area contributed by atoms with Crippen molar-refractivity contribution in [2.24, 2.45) is 5.84 Å². The molecule has 1 amide bonds. The molecule has 0 aromatic heterocycles. The Morgan fingerprint density at radius 1 is 1.46 bits per heavy atom. The van der Waals surface area contributed by atoms with E-state index in [1.165, 1.54) is 12.1 Å². The molecule has 0 spiro atoms. The number of hydrogen-bond acceptors (Lipinski definition) is 6. The van der Waals surface area contributed by atoms with Gasteiger partial charge in [-0.3, -0.25) is 15.6 Å². The first kappa shape index (κ1) is 21.2. The summed E-state index contributed by atoms with van der Waals surface area (Å²) in [5, 5.41) is 17.4. The highest BCUT2D eigenvalue weighted by atomic mass is 19.3. The molecule has 1 aromatic rings. The average Bonchev–Trinajstić information content (AvgIpc) is 2.59. The molecule has 0 fully saturated rings. The van der Waals surface area contributed by atoms with Crippen LogP contribution in [0.2, 0.25) is 0 Å². The van der Waals surface area contributed by atoms with Crippen LogP contribution in [0.3, 0.4) is 0 Å². The largest absolute Gasteiger partial charge is 0.473 e. The summed E-state index contributed by atoms with van der Waals surface area (Å²) in [4.78, 5) is 8.94. The van der Waals surface area contributed by atoms with Crippen LogP contribution < -0.4 is 16.6 Å². The molecule has 0 unspecified atom stereocenters. The topological polar surface area (TPSA) is 124 Å². The molecule has 0 atom stereocenters. The Morgan fingerprint density at radius 2 is 2.08 bits per heavy atom. The van der Waals surface area contributed by atoms with Crippen LogP contribution in [0.5, 0.6) is 0 Å². The minimum Gasteiger partial charge on any atom is -0.473 e. The first-order valence-corrected chi connectivity index (χ1v) is 6.79. The minimum atomic E-state index is -2.60. The maximum absolute atomic E-state index is 13.0. The summed E-state index contributed by atoms with van der Waals surface area (Å²) in [6.07, 6.45) is 0.244. The highest BCUT2D eigenvalue weighted by molar-refractivity contribution is 5.94. The third-order valence-corrected chi connectivity index (χ3v) is 2.84. The van der Waals surface area contributed by atoms with Crippen LogP contribution in [0.15, 0.2) is 29.8 Å². The molecule has 0 heterocycles. The van der Waals surface area contributed by atoms with Crippen molar-refractivity contribution in [1.29, 1.82) is 10.8 Å². The van der Waals surface area contributed by atoms with Crippen molar-refractivity contribution < 1.29 is 18.3 Å². The molecular formula is C15H21F2N5O2. The zero-order valence-corrected chi connectivity index (χ0v) is 13.4. The molecule has 0 aliphatic heterocycles. The lowest BCUT2D eigenvalue weighted by Gasteiger charge is -2.15. The van der Waals surface area contributed by atoms with E-state index >= 15 is 0 Å². The Labute approximate surface area is 138 Å². The number of nitrogens with two attached hydrogens (primary N) is 1. The van der Waals surface area contributed by atoms with Crippen molar-refractivity contribution in [3.8, 4) is 0 Å². The third-order valence-electron chi connectivity index (χ3n) is 2.84. The van der Waals surface area contributed by atoms with Crippen LogP contribution in [0.1, 0.15) is 24.5 Å². The van der Waals surface area contributed by atoms with E-state index in [4.69, 9.17) is 20.3 Å². The second-order valence-electron chi connectivity index (χ2n) is 4.34. The molecule has 0 bridgehead atoms. The van der Waals surface area contributed by atoms with E-state index in [0.29, 0.717) is 23.2 Å². The van der Waals surface area contributed by atoms with E-state index in [2.05, 4.69) is 11.2 Å². The average molecular weight is 341 g/mol. The van der Waals surface area contributed by atoms with Crippen LogP contribution in [0, 0.1) is 10.8 Å². The van der Waals surface area contributed by atoms with Crippen LogP contribution in [-0.4, -0.2) is 25.6 Å². The molecule has 1 rings (SSSR count). The second-order valence-corrected chi connectivity index (χ2v) is 4.34. The molecule has 0 saturated heterocycles. The number of amides is 1. The number of allylic oxidation sites excluding steroid dienone is 1. The lowest BCUT2D eigenvalue weighted by Crippen LogP contribution is -2.18. The number of ether oxygens (including phenoxy) is 1. The number of anilines is 1. The van der Waals surface area contributed by atoms with Crippen LogP contribution in [0.25, 0.3) is 0 Å². The molecule has 0 radical (unpaired) electrons. The van der Waals surface area contributed by atoms with Crippen molar-refractivity contribution in [3.63, 3.8) is 0 Å². The van der Waals surface area contributed by atoms with Crippen molar-refractivity contribution in [2.75, 3.05) is 12.4 Å². The zero-order valence-electron chi connectivity index (χ0n) is 13.4. The fourth-order valence-electron chi connectivity index (χ4n) is 1.66. The smallest absolute Gasteiger partial charge is 0.264 e. The van der Waals surface area contributed by atoms with Gasteiger partial charge in [-0.1, -0.05) is 12.1 Å². The first-order chi connectivity index (χ1) is 11.4. The van der Waals surface area contributed by atoms with E-state index < -0.39 is 6.43 Å². The minimum absolute atomic E-state index is 0.113. The second kappa shape index (κ2) is 11.7. The number of rotatable bonds is 7. The summed E-state index contributed by atoms with van der Waals surface area (Å²) < 4.78 is 31.2. The van der Waals surface area contributed by atoms with Crippen LogP contribution in [-0.2, 0) is 16.1 Å². The predicted octanol–water partition coefficient (Wildman–Crippen LogP) is 2.36. The molecule has 9 heteroatoms. The van der Waals surface area contributed by atoms with Crippen molar-refractivity contribution in [3.05, 3.63) is 41.0 Å². The molecule has 132 valence electrons. The summed E-state index contributed by atoms with van der Waals surface area (Å²) in [5.41, 5.74) is 2.97. The van der Waals surface area contributed by atoms with E-state index in [-0.39, 0.29) is 18.1 Å². The van der Waals surface area contributed by atoms with Crippen molar-refractivity contribution in [1.82, 2.24) is 5.43 Å². The first-order valence-electron chi connectivity index (χ1n) is 6.79. The summed E-state index contributed by atoms with van der Waals surface area (Å²) in [6, 6.07) is 4.56. The Morgan fingerprint density at radius 3 is 2.54 bits per heavy atom. The highest BCUT2D eigenvalue weighted by Crippen LogP contribution is 2.29. The fourth-order valence-corrected chi connectivity index (χ4v) is 1.66. The summed E-state index contributed by atoms with van der Waals surface area (Å²) in [6.45, 7) is 1.49. The van der Waals surface area contributed by atoms with E-state index in [1.54, 1.807) is 31.5 Å².